The van der Waals surface area contributed by atoms with Gasteiger partial charge in [0.15, 0.2) is 5.76 Å². The Hall–Kier alpha value is -2.23. The Kier molecular flexibility index (Phi) is 3.90. The fourth-order valence-corrected chi connectivity index (χ4v) is 1.77. The summed E-state index contributed by atoms with van der Waals surface area (Å²) in [5, 5.41) is 2.80. The van der Waals surface area contributed by atoms with Gasteiger partial charge in [-0.2, -0.15) is 0 Å². The lowest BCUT2D eigenvalue weighted by molar-refractivity contribution is 0.0996. The molecule has 0 atom stereocenters. The van der Waals surface area contributed by atoms with E-state index in [9.17, 15) is 4.79 Å². The molecule has 1 amide bonds. The average Bonchev–Trinajstić information content (AvgIpc) is 2.92. The number of rotatable bonds is 4. The van der Waals surface area contributed by atoms with Crippen LogP contribution in [-0.2, 0) is 0 Å². The Labute approximate surface area is 112 Å². The molecule has 0 radical (unpaired) electrons. The van der Waals surface area contributed by atoms with Crippen LogP contribution in [-0.4, -0.2) is 13.0 Å². The first-order chi connectivity index (χ1) is 9.11. The Morgan fingerprint density at radius 3 is 2.68 bits per heavy atom. The van der Waals surface area contributed by atoms with Crippen LogP contribution in [0.2, 0.25) is 0 Å². The summed E-state index contributed by atoms with van der Waals surface area (Å²) in [5.74, 6) is 0.996. The molecule has 0 aliphatic carbocycles. The number of carbonyl (C=O) groups is 1. The summed E-state index contributed by atoms with van der Waals surface area (Å²) in [6.07, 6.45) is 1.47. The molecule has 0 bridgehead atoms. The summed E-state index contributed by atoms with van der Waals surface area (Å²) in [7, 11) is 1.58. The van der Waals surface area contributed by atoms with Crippen LogP contribution in [0.5, 0.6) is 5.75 Å². The minimum absolute atomic E-state index is 0.275. The molecule has 1 aromatic carbocycles. The van der Waals surface area contributed by atoms with Gasteiger partial charge in [-0.25, -0.2) is 0 Å². The molecule has 0 saturated carbocycles. The molecule has 2 aromatic rings. The molecule has 1 N–H and O–H groups in total. The van der Waals surface area contributed by atoms with Crippen LogP contribution in [0.3, 0.4) is 0 Å². The van der Waals surface area contributed by atoms with Crippen molar-refractivity contribution in [1.82, 2.24) is 0 Å². The quantitative estimate of drug-likeness (QED) is 0.911. The van der Waals surface area contributed by atoms with Gasteiger partial charge in [0, 0.05) is 0 Å². The lowest BCUT2D eigenvalue weighted by Gasteiger charge is -2.13. The van der Waals surface area contributed by atoms with E-state index < -0.39 is 0 Å². The second-order valence-corrected chi connectivity index (χ2v) is 4.55. The van der Waals surface area contributed by atoms with E-state index in [2.05, 4.69) is 19.2 Å². The second-order valence-electron chi connectivity index (χ2n) is 4.55. The molecule has 1 aromatic heterocycles. The van der Waals surface area contributed by atoms with Crippen LogP contribution in [0.25, 0.3) is 0 Å². The highest BCUT2D eigenvalue weighted by atomic mass is 16.5. The van der Waals surface area contributed by atoms with Gasteiger partial charge in [0.25, 0.3) is 5.91 Å². The molecular weight excluding hydrogens is 242 g/mol. The van der Waals surface area contributed by atoms with Gasteiger partial charge in [0.1, 0.15) is 5.75 Å². The zero-order chi connectivity index (χ0) is 13.8. The van der Waals surface area contributed by atoms with Gasteiger partial charge in [0.05, 0.1) is 19.1 Å². The van der Waals surface area contributed by atoms with E-state index in [1.54, 1.807) is 19.2 Å². The van der Waals surface area contributed by atoms with E-state index in [1.807, 2.05) is 18.2 Å². The minimum Gasteiger partial charge on any atom is -0.495 e. The molecular formula is C15H17NO3. The van der Waals surface area contributed by atoms with Crippen LogP contribution < -0.4 is 10.1 Å². The van der Waals surface area contributed by atoms with Crippen LogP contribution in [0, 0.1) is 0 Å². The van der Waals surface area contributed by atoms with E-state index in [-0.39, 0.29) is 11.7 Å². The Bertz CT molecular complexity index is 559. The molecule has 0 unspecified atom stereocenters. The highest BCUT2D eigenvalue weighted by Crippen LogP contribution is 2.29. The van der Waals surface area contributed by atoms with Crippen LogP contribution in [0.4, 0.5) is 5.69 Å². The van der Waals surface area contributed by atoms with Gasteiger partial charge in [-0.3, -0.25) is 4.79 Å². The predicted molar refractivity (Wildman–Crippen MR) is 73.7 cm³/mol. The van der Waals surface area contributed by atoms with Crippen molar-refractivity contribution >= 4 is 11.6 Å². The molecule has 0 spiro atoms. The predicted octanol–water partition coefficient (Wildman–Crippen LogP) is 3.66. The van der Waals surface area contributed by atoms with Crippen LogP contribution >= 0.6 is 0 Å². The molecule has 0 fully saturated rings. The van der Waals surface area contributed by atoms with Crippen molar-refractivity contribution in [2.45, 2.75) is 19.8 Å². The molecule has 100 valence electrons. The maximum Gasteiger partial charge on any atom is 0.291 e. The summed E-state index contributed by atoms with van der Waals surface area (Å²) in [6.45, 7) is 4.19. The molecule has 19 heavy (non-hydrogen) atoms. The van der Waals surface area contributed by atoms with Crippen LogP contribution in [0.1, 0.15) is 35.9 Å². The summed E-state index contributed by atoms with van der Waals surface area (Å²) >= 11 is 0. The number of ether oxygens (including phenoxy) is 1. The van der Waals surface area contributed by atoms with E-state index >= 15 is 0 Å². The number of nitrogens with one attached hydrogen (secondary N) is 1. The Morgan fingerprint density at radius 2 is 2.11 bits per heavy atom. The number of hydrogen-bond donors (Lipinski definition) is 1. The highest BCUT2D eigenvalue weighted by Gasteiger charge is 2.13. The largest absolute Gasteiger partial charge is 0.495 e. The van der Waals surface area contributed by atoms with Crippen molar-refractivity contribution in [2.24, 2.45) is 0 Å². The van der Waals surface area contributed by atoms with Gasteiger partial charge in [-0.05, 0) is 35.7 Å². The van der Waals surface area contributed by atoms with Gasteiger partial charge in [0.2, 0.25) is 0 Å². The third kappa shape index (κ3) is 2.96. The molecule has 0 aliphatic heterocycles. The second kappa shape index (κ2) is 5.61. The molecule has 4 nitrogen and oxygen atoms in total. The van der Waals surface area contributed by atoms with Gasteiger partial charge in [-0.15, -0.1) is 0 Å². The number of methoxy groups -OCH3 is 1. The number of hydrogen-bond acceptors (Lipinski definition) is 3. The van der Waals surface area contributed by atoms with Gasteiger partial charge >= 0.3 is 0 Å². The minimum atomic E-state index is -0.288. The van der Waals surface area contributed by atoms with Crippen molar-refractivity contribution < 1.29 is 13.9 Å². The third-order valence-electron chi connectivity index (χ3n) is 2.88. The third-order valence-corrected chi connectivity index (χ3v) is 2.88. The van der Waals surface area contributed by atoms with E-state index in [0.717, 1.165) is 5.56 Å². The summed E-state index contributed by atoms with van der Waals surface area (Å²) in [5.41, 5.74) is 1.78. The number of benzene rings is 1. The molecule has 1 heterocycles. The van der Waals surface area contributed by atoms with Crippen molar-refractivity contribution in [3.05, 3.63) is 47.9 Å². The van der Waals surface area contributed by atoms with E-state index in [0.29, 0.717) is 17.4 Å². The normalized spacial score (nSPS) is 10.5. The van der Waals surface area contributed by atoms with Gasteiger partial charge < -0.3 is 14.5 Å². The zero-order valence-corrected chi connectivity index (χ0v) is 11.3. The topological polar surface area (TPSA) is 51.5 Å². The summed E-state index contributed by atoms with van der Waals surface area (Å²) in [6, 6.07) is 9.06. The number of anilines is 1. The number of furan rings is 1. The first kappa shape index (κ1) is 13.2. The molecule has 4 heteroatoms. The Morgan fingerprint density at radius 1 is 1.32 bits per heavy atom. The van der Waals surface area contributed by atoms with E-state index in [1.165, 1.54) is 6.26 Å². The lowest BCUT2D eigenvalue weighted by Crippen LogP contribution is -2.12. The van der Waals surface area contributed by atoms with Crippen molar-refractivity contribution in [2.75, 3.05) is 12.4 Å². The highest BCUT2D eigenvalue weighted by molar-refractivity contribution is 6.03. The molecule has 2 rings (SSSR count). The van der Waals surface area contributed by atoms with Crippen molar-refractivity contribution in [3.8, 4) is 5.75 Å². The standard InChI is InChI=1S/C15H17NO3/c1-10(2)11-6-7-13(18-3)12(9-11)16-15(17)14-5-4-8-19-14/h4-10H,1-3H3,(H,16,17). The molecule has 0 saturated heterocycles. The first-order valence-electron chi connectivity index (χ1n) is 6.14. The summed E-state index contributed by atoms with van der Waals surface area (Å²) < 4.78 is 10.3. The number of carbonyl (C=O) groups excluding carboxylic acids is 1. The first-order valence-corrected chi connectivity index (χ1v) is 6.14. The monoisotopic (exact) mass is 259 g/mol. The fraction of sp³-hybridized carbons (Fsp3) is 0.267. The van der Waals surface area contributed by atoms with Gasteiger partial charge in [-0.1, -0.05) is 19.9 Å². The van der Waals surface area contributed by atoms with Crippen molar-refractivity contribution in [3.63, 3.8) is 0 Å². The zero-order valence-electron chi connectivity index (χ0n) is 11.3. The summed E-state index contributed by atoms with van der Waals surface area (Å²) in [4.78, 5) is 12.0. The Balaban J connectivity index is 2.27. The van der Waals surface area contributed by atoms with Crippen LogP contribution in [0.15, 0.2) is 41.0 Å². The van der Waals surface area contributed by atoms with Crippen molar-refractivity contribution in [1.29, 1.82) is 0 Å². The maximum absolute atomic E-state index is 12.0. The fourth-order valence-electron chi connectivity index (χ4n) is 1.77. The SMILES string of the molecule is COc1ccc(C(C)C)cc1NC(=O)c1ccco1. The molecule has 0 aliphatic rings. The number of amides is 1. The lowest BCUT2D eigenvalue weighted by atomic mass is 10.0. The smallest absolute Gasteiger partial charge is 0.291 e. The van der Waals surface area contributed by atoms with E-state index in [4.69, 9.17) is 9.15 Å². The maximum atomic E-state index is 12.0. The average molecular weight is 259 g/mol.